The highest BCUT2D eigenvalue weighted by atomic mass is 127. The molecule has 1 amide bonds. The van der Waals surface area contributed by atoms with E-state index in [4.69, 9.17) is 0 Å². The van der Waals surface area contributed by atoms with Gasteiger partial charge in [-0.05, 0) is 30.5 Å². The molecule has 0 atom stereocenters. The molecule has 1 aromatic carbocycles. The lowest BCUT2D eigenvalue weighted by Crippen LogP contribution is -2.50. The molecule has 1 saturated heterocycles. The first-order valence-electron chi connectivity index (χ1n) is 9.36. The molecule has 1 fully saturated rings. The molecule has 1 heterocycles. The van der Waals surface area contributed by atoms with Crippen molar-refractivity contribution in [3.05, 3.63) is 34.1 Å². The summed E-state index contributed by atoms with van der Waals surface area (Å²) < 4.78 is 14.6. The Morgan fingerprint density at radius 2 is 1.89 bits per heavy atom. The number of aryl methyl sites for hydroxylation is 1. The Kier molecular flexibility index (Phi) is 11.9. The van der Waals surface area contributed by atoms with Crippen LogP contribution in [0.15, 0.2) is 27.7 Å². The minimum Gasteiger partial charge on any atom is -0.356 e. The molecule has 0 radical (unpaired) electrons. The van der Waals surface area contributed by atoms with E-state index in [1.165, 1.54) is 6.07 Å². The Morgan fingerprint density at radius 1 is 1.21 bits per heavy atom. The molecule has 0 bridgehead atoms. The Balaban J connectivity index is 0.00000392. The third-order valence-corrected chi connectivity index (χ3v) is 5.19. The molecular formula is C19H30BrFIN5O. The van der Waals surface area contributed by atoms with Crippen LogP contribution < -0.4 is 10.6 Å². The van der Waals surface area contributed by atoms with Crippen LogP contribution in [0.3, 0.4) is 0 Å². The third kappa shape index (κ3) is 8.60. The van der Waals surface area contributed by atoms with E-state index in [0.29, 0.717) is 6.42 Å². The monoisotopic (exact) mass is 569 g/mol. The molecule has 0 aliphatic carbocycles. The lowest BCUT2D eigenvalue weighted by atomic mass is 10.1. The maximum atomic E-state index is 13.8. The number of nitrogens with one attached hydrogen (secondary N) is 2. The Bertz CT molecular complexity index is 653. The number of benzene rings is 1. The third-order valence-electron chi connectivity index (χ3n) is 4.69. The number of amides is 1. The van der Waals surface area contributed by atoms with Crippen LogP contribution in [0.4, 0.5) is 4.39 Å². The number of hydrogen-bond donors (Lipinski definition) is 2. The first kappa shape index (κ1) is 25.1. The minimum absolute atomic E-state index is 0. The van der Waals surface area contributed by atoms with Gasteiger partial charge in [0.1, 0.15) is 5.82 Å². The summed E-state index contributed by atoms with van der Waals surface area (Å²) in [6.07, 6.45) is 1.51. The zero-order valence-electron chi connectivity index (χ0n) is 16.5. The molecule has 9 heteroatoms. The first-order chi connectivity index (χ1) is 13.0. The van der Waals surface area contributed by atoms with Crippen molar-refractivity contribution in [2.24, 2.45) is 4.99 Å². The van der Waals surface area contributed by atoms with Gasteiger partial charge in [0.2, 0.25) is 5.91 Å². The van der Waals surface area contributed by atoms with E-state index in [2.05, 4.69) is 36.5 Å². The summed E-state index contributed by atoms with van der Waals surface area (Å²) in [7, 11) is 1.75. The maximum absolute atomic E-state index is 13.8. The van der Waals surface area contributed by atoms with Crippen LogP contribution in [0.2, 0.25) is 0 Å². The summed E-state index contributed by atoms with van der Waals surface area (Å²) in [6, 6.07) is 5.18. The van der Waals surface area contributed by atoms with Gasteiger partial charge >= 0.3 is 0 Å². The second-order valence-electron chi connectivity index (χ2n) is 6.61. The molecular weight excluding hydrogens is 540 g/mol. The van der Waals surface area contributed by atoms with Crippen LogP contribution in [-0.2, 0) is 11.2 Å². The van der Waals surface area contributed by atoms with E-state index >= 15 is 0 Å². The standard InChI is InChI=1S/C19H29BrFN5O.HI/c1-15(27)26-12-10-25(11-13-26)9-8-24-19(22-2)23-7-3-4-16-5-6-17(20)14-18(16)21;/h5-6,14H,3-4,7-13H2,1-2H3,(H2,22,23,24);1H. The fourth-order valence-electron chi connectivity index (χ4n) is 3.05. The molecule has 1 aromatic rings. The van der Waals surface area contributed by atoms with Gasteiger partial charge in [0, 0.05) is 64.3 Å². The van der Waals surface area contributed by atoms with E-state index in [0.717, 1.165) is 68.2 Å². The first-order valence-corrected chi connectivity index (χ1v) is 10.1. The van der Waals surface area contributed by atoms with Crippen molar-refractivity contribution in [2.45, 2.75) is 19.8 Å². The summed E-state index contributed by atoms with van der Waals surface area (Å²) >= 11 is 3.27. The van der Waals surface area contributed by atoms with Crippen LogP contribution in [0.25, 0.3) is 0 Å². The Morgan fingerprint density at radius 3 is 2.50 bits per heavy atom. The average molecular weight is 570 g/mol. The van der Waals surface area contributed by atoms with Crippen molar-refractivity contribution in [1.82, 2.24) is 20.4 Å². The number of carbonyl (C=O) groups is 1. The number of nitrogens with zero attached hydrogens (tertiary/aromatic N) is 3. The van der Waals surface area contributed by atoms with Crippen LogP contribution in [0.1, 0.15) is 18.9 Å². The van der Waals surface area contributed by atoms with Crippen molar-refractivity contribution < 1.29 is 9.18 Å². The minimum atomic E-state index is -0.170. The van der Waals surface area contributed by atoms with E-state index in [-0.39, 0.29) is 35.7 Å². The van der Waals surface area contributed by atoms with Gasteiger partial charge in [-0.15, -0.1) is 24.0 Å². The zero-order chi connectivity index (χ0) is 19.6. The topological polar surface area (TPSA) is 60.0 Å². The van der Waals surface area contributed by atoms with E-state index in [1.807, 2.05) is 17.0 Å². The number of rotatable bonds is 7. The van der Waals surface area contributed by atoms with Crippen molar-refractivity contribution in [3.8, 4) is 0 Å². The van der Waals surface area contributed by atoms with Gasteiger partial charge in [-0.3, -0.25) is 14.7 Å². The molecule has 2 N–H and O–H groups in total. The Hall–Kier alpha value is -0.940. The van der Waals surface area contributed by atoms with E-state index < -0.39 is 0 Å². The quantitative estimate of drug-likeness (QED) is 0.229. The number of aliphatic imine (C=N–C) groups is 1. The molecule has 1 aliphatic rings. The number of piperazine rings is 1. The largest absolute Gasteiger partial charge is 0.356 e. The van der Waals surface area contributed by atoms with Crippen LogP contribution in [0, 0.1) is 5.82 Å². The number of hydrogen-bond acceptors (Lipinski definition) is 3. The van der Waals surface area contributed by atoms with Gasteiger partial charge in [0.15, 0.2) is 5.96 Å². The van der Waals surface area contributed by atoms with Crippen LogP contribution >= 0.6 is 39.9 Å². The summed E-state index contributed by atoms with van der Waals surface area (Å²) in [5.74, 6) is 0.741. The highest BCUT2D eigenvalue weighted by molar-refractivity contribution is 14.0. The molecule has 0 saturated carbocycles. The highest BCUT2D eigenvalue weighted by Gasteiger charge is 2.17. The lowest BCUT2D eigenvalue weighted by Gasteiger charge is -2.34. The summed E-state index contributed by atoms with van der Waals surface area (Å²) in [6.45, 7) is 7.48. The fraction of sp³-hybridized carbons (Fsp3) is 0.579. The van der Waals surface area contributed by atoms with Gasteiger partial charge in [-0.2, -0.15) is 0 Å². The second-order valence-corrected chi connectivity index (χ2v) is 7.53. The molecule has 0 unspecified atom stereocenters. The molecule has 158 valence electrons. The molecule has 6 nitrogen and oxygen atoms in total. The van der Waals surface area contributed by atoms with E-state index in [1.54, 1.807) is 14.0 Å². The zero-order valence-corrected chi connectivity index (χ0v) is 20.4. The van der Waals surface area contributed by atoms with Gasteiger partial charge in [-0.1, -0.05) is 22.0 Å². The van der Waals surface area contributed by atoms with Crippen molar-refractivity contribution in [3.63, 3.8) is 0 Å². The molecule has 28 heavy (non-hydrogen) atoms. The predicted octanol–water partition coefficient (Wildman–Crippen LogP) is 2.47. The number of halogens is 3. The summed E-state index contributed by atoms with van der Waals surface area (Å²) in [5, 5.41) is 6.57. The van der Waals surface area contributed by atoms with Crippen molar-refractivity contribution in [1.29, 1.82) is 0 Å². The Labute approximate surface area is 192 Å². The maximum Gasteiger partial charge on any atom is 0.219 e. The fourth-order valence-corrected chi connectivity index (χ4v) is 3.38. The number of guanidine groups is 1. The summed E-state index contributed by atoms with van der Waals surface area (Å²) in [4.78, 5) is 19.8. The van der Waals surface area contributed by atoms with Crippen LogP contribution in [-0.4, -0.2) is 74.5 Å². The molecule has 1 aliphatic heterocycles. The number of carbonyl (C=O) groups excluding carboxylic acids is 1. The van der Waals surface area contributed by atoms with E-state index in [9.17, 15) is 9.18 Å². The van der Waals surface area contributed by atoms with Gasteiger partial charge in [-0.25, -0.2) is 4.39 Å². The van der Waals surface area contributed by atoms with Crippen LogP contribution in [0.5, 0.6) is 0 Å². The normalized spacial score (nSPS) is 15.1. The predicted molar refractivity (Wildman–Crippen MR) is 126 cm³/mol. The van der Waals surface area contributed by atoms with Crippen molar-refractivity contribution in [2.75, 3.05) is 52.9 Å². The molecule has 0 spiro atoms. The second kappa shape index (κ2) is 13.3. The molecule has 2 rings (SSSR count). The van der Waals surface area contributed by atoms with Gasteiger partial charge < -0.3 is 15.5 Å². The lowest BCUT2D eigenvalue weighted by molar-refractivity contribution is -0.130. The molecule has 0 aromatic heterocycles. The SMILES string of the molecule is CN=C(NCCCc1ccc(Br)cc1F)NCCN1CCN(C(C)=O)CC1.I. The summed E-state index contributed by atoms with van der Waals surface area (Å²) in [5.41, 5.74) is 0.729. The average Bonchev–Trinajstić information content (AvgIpc) is 2.65. The highest BCUT2D eigenvalue weighted by Crippen LogP contribution is 2.16. The van der Waals surface area contributed by atoms with Gasteiger partial charge in [0.25, 0.3) is 0 Å². The smallest absolute Gasteiger partial charge is 0.219 e. The van der Waals surface area contributed by atoms with Crippen molar-refractivity contribution >= 4 is 51.8 Å². The van der Waals surface area contributed by atoms with Gasteiger partial charge in [0.05, 0.1) is 0 Å².